The fourth-order valence-corrected chi connectivity index (χ4v) is 5.40. The number of pyridine rings is 3. The van der Waals surface area contributed by atoms with Crippen LogP contribution < -0.4 is 10.9 Å². The maximum Gasteiger partial charge on any atom is 0.307 e. The van der Waals surface area contributed by atoms with Gasteiger partial charge in [0, 0.05) is 26.0 Å². The van der Waals surface area contributed by atoms with E-state index in [1.54, 1.807) is 23.0 Å². The summed E-state index contributed by atoms with van der Waals surface area (Å²) in [5.74, 6) is -0.400. The van der Waals surface area contributed by atoms with E-state index >= 15 is 0 Å². The number of carboxylic acids is 1. The molecule has 0 aliphatic heterocycles. The summed E-state index contributed by atoms with van der Waals surface area (Å²) in [5, 5.41) is 16.1. The van der Waals surface area contributed by atoms with E-state index in [0.717, 1.165) is 11.8 Å². The second-order valence-corrected chi connectivity index (χ2v) is 10.1. The number of carbonyl (C=O) groups excluding carboxylic acids is 1. The monoisotopic (exact) mass is 527 g/mol. The zero-order valence-corrected chi connectivity index (χ0v) is 21.6. The summed E-state index contributed by atoms with van der Waals surface area (Å²) in [5.41, 5.74) is 4.77. The third-order valence-electron chi connectivity index (χ3n) is 7.29. The van der Waals surface area contributed by atoms with Gasteiger partial charge >= 0.3 is 5.97 Å². The Kier molecular flexibility index (Phi) is 6.51. The molecule has 0 unspecified atom stereocenters. The van der Waals surface area contributed by atoms with Gasteiger partial charge in [0.05, 0.1) is 34.8 Å². The predicted molar refractivity (Wildman–Crippen MR) is 144 cm³/mol. The first-order valence-corrected chi connectivity index (χ1v) is 13.2. The average Bonchev–Trinajstić information content (AvgIpc) is 3.24. The summed E-state index contributed by atoms with van der Waals surface area (Å²) in [6.45, 7) is 0.657. The van der Waals surface area contributed by atoms with Crippen molar-refractivity contribution < 1.29 is 14.7 Å². The maximum atomic E-state index is 12.9. The minimum Gasteiger partial charge on any atom is -0.481 e. The number of carbonyl (C=O) groups is 2. The Morgan fingerprint density at radius 2 is 1.97 bits per heavy atom. The zero-order chi connectivity index (χ0) is 26.9. The summed E-state index contributed by atoms with van der Waals surface area (Å²) in [6.07, 6.45) is 11.8. The molecule has 5 aromatic rings. The number of rotatable bonds is 7. The number of carboxylic acid groups (broad SMARTS) is 1. The Hall–Kier alpha value is -4.61. The second-order valence-electron chi connectivity index (χ2n) is 10.1. The molecule has 4 N–H and O–H groups in total. The van der Waals surface area contributed by atoms with Gasteiger partial charge < -0.3 is 15.4 Å². The first kappa shape index (κ1) is 24.7. The molecule has 0 atom stereocenters. The number of hydrogen-bond donors (Lipinski definition) is 4. The largest absolute Gasteiger partial charge is 0.481 e. The first-order chi connectivity index (χ1) is 18.9. The van der Waals surface area contributed by atoms with Crippen molar-refractivity contribution in [2.45, 2.75) is 44.9 Å². The van der Waals surface area contributed by atoms with Gasteiger partial charge in [-0.25, -0.2) is 9.98 Å². The molecule has 39 heavy (non-hydrogen) atoms. The number of H-pyrrole nitrogens is 2. The van der Waals surface area contributed by atoms with Gasteiger partial charge in [-0.2, -0.15) is 4.98 Å². The van der Waals surface area contributed by atoms with E-state index in [2.05, 4.69) is 40.3 Å². The van der Waals surface area contributed by atoms with Crippen LogP contribution in [0.3, 0.4) is 0 Å². The van der Waals surface area contributed by atoms with Gasteiger partial charge in [0.2, 0.25) is 0 Å². The first-order valence-electron chi connectivity index (χ1n) is 13.2. The number of aromatic nitrogens is 7. The van der Waals surface area contributed by atoms with Crippen LogP contribution in [0.5, 0.6) is 0 Å². The van der Waals surface area contributed by atoms with Gasteiger partial charge in [-0.05, 0) is 30.0 Å². The Labute approximate surface area is 222 Å². The lowest BCUT2D eigenvalue weighted by Crippen LogP contribution is -2.26. The van der Waals surface area contributed by atoms with E-state index in [0.29, 0.717) is 57.1 Å². The van der Waals surface area contributed by atoms with Crippen LogP contribution in [0.25, 0.3) is 33.2 Å². The van der Waals surface area contributed by atoms with E-state index in [1.165, 1.54) is 44.5 Å². The van der Waals surface area contributed by atoms with Gasteiger partial charge in [0.25, 0.3) is 11.5 Å². The topological polar surface area (TPSA) is 167 Å². The smallest absolute Gasteiger partial charge is 0.307 e. The van der Waals surface area contributed by atoms with Crippen LogP contribution in [0, 0.1) is 5.92 Å². The number of aryl methyl sites for hydroxylation is 1. The van der Waals surface area contributed by atoms with E-state index in [1.807, 2.05) is 7.05 Å². The lowest BCUT2D eigenvalue weighted by atomic mass is 9.87. The van der Waals surface area contributed by atoms with Gasteiger partial charge in [-0.15, -0.1) is 0 Å². The Morgan fingerprint density at radius 3 is 2.79 bits per heavy atom. The molecular weight excluding hydrogens is 498 g/mol. The molecule has 0 spiro atoms. The van der Waals surface area contributed by atoms with E-state index < -0.39 is 5.97 Å². The molecule has 1 aliphatic rings. The molecule has 200 valence electrons. The number of aliphatic carboxylic acids is 1. The maximum absolute atomic E-state index is 12.9. The Bertz CT molecular complexity index is 1780. The lowest BCUT2D eigenvalue weighted by Gasteiger charge is -2.21. The van der Waals surface area contributed by atoms with Crippen molar-refractivity contribution in [3.05, 3.63) is 47.5 Å². The molecule has 5 heterocycles. The minimum atomic E-state index is -0.949. The highest BCUT2D eigenvalue weighted by molar-refractivity contribution is 6.13. The highest BCUT2D eigenvalue weighted by Crippen LogP contribution is 2.27. The van der Waals surface area contributed by atoms with Crippen LogP contribution in [0.1, 0.15) is 54.4 Å². The number of fused-ring (bicyclic) bond motifs is 2. The van der Waals surface area contributed by atoms with Crippen molar-refractivity contribution in [2.75, 3.05) is 6.54 Å². The van der Waals surface area contributed by atoms with Crippen LogP contribution in [-0.4, -0.2) is 58.2 Å². The molecule has 12 nitrogen and oxygen atoms in total. The quantitative estimate of drug-likeness (QED) is 0.236. The van der Waals surface area contributed by atoms with Crippen LogP contribution in [0.2, 0.25) is 0 Å². The summed E-state index contributed by atoms with van der Waals surface area (Å²) in [4.78, 5) is 49.8. The Morgan fingerprint density at radius 1 is 1.13 bits per heavy atom. The van der Waals surface area contributed by atoms with Crippen molar-refractivity contribution in [2.24, 2.45) is 18.0 Å². The van der Waals surface area contributed by atoms with Gasteiger partial charge in [0.15, 0.2) is 5.65 Å². The molecule has 0 saturated heterocycles. The summed E-state index contributed by atoms with van der Waals surface area (Å²) in [7, 11) is 1.83. The van der Waals surface area contributed by atoms with E-state index in [9.17, 15) is 9.59 Å². The third-order valence-corrected chi connectivity index (χ3v) is 7.29. The number of nitrogens with zero attached hydrogens (tertiary/aromatic N) is 6. The van der Waals surface area contributed by atoms with E-state index in [-0.39, 0.29) is 17.9 Å². The van der Waals surface area contributed by atoms with Crippen molar-refractivity contribution in [3.8, 4) is 0 Å². The van der Waals surface area contributed by atoms with Crippen LogP contribution >= 0.6 is 0 Å². The zero-order valence-electron chi connectivity index (χ0n) is 21.6. The fraction of sp³-hybridized carbons (Fsp3) is 0.370. The average molecular weight is 528 g/mol. The SMILES string of the molecule is Cn1[nH]c2[nH]c3cc(C(=O)NCCC4CCCCC4)cnc3c3nc(=Nc4cncc(CC(=O)O)c4)nc1c23. The van der Waals surface area contributed by atoms with Crippen molar-refractivity contribution in [3.63, 3.8) is 0 Å². The number of amides is 1. The number of aromatic amines is 2. The summed E-state index contributed by atoms with van der Waals surface area (Å²) < 4.78 is 1.76. The minimum absolute atomic E-state index is 0.150. The molecule has 6 rings (SSSR count). The highest BCUT2D eigenvalue weighted by atomic mass is 16.4. The molecule has 1 amide bonds. The summed E-state index contributed by atoms with van der Waals surface area (Å²) >= 11 is 0. The normalized spacial score (nSPS) is 14.9. The number of hydrogen-bond acceptors (Lipinski definition) is 7. The molecule has 1 fully saturated rings. The second kappa shape index (κ2) is 10.3. The molecule has 0 bridgehead atoms. The molecule has 1 saturated carbocycles. The molecule has 1 aliphatic carbocycles. The standard InChI is InChI=1S/C27H29N9O3/c1-36-25-21-23(33-27(34-25)31-18-9-16(10-20(37)38)12-28-14-18)22-19(32-24(21)35-36)11-17(13-30-22)26(39)29-8-7-15-5-3-2-4-6-15/h9,11-15,32,35H,2-8,10H2,1H3,(H,29,39)(H,37,38). The third kappa shape index (κ3) is 5.09. The summed E-state index contributed by atoms with van der Waals surface area (Å²) in [6, 6.07) is 3.43. The molecule has 12 heteroatoms. The van der Waals surface area contributed by atoms with Crippen LogP contribution in [0.4, 0.5) is 5.69 Å². The fourth-order valence-electron chi connectivity index (χ4n) is 5.40. The van der Waals surface area contributed by atoms with Gasteiger partial charge in [0.1, 0.15) is 16.7 Å². The molecule has 5 aromatic heterocycles. The molecular formula is C27H29N9O3. The van der Waals surface area contributed by atoms with E-state index in [4.69, 9.17) is 5.11 Å². The van der Waals surface area contributed by atoms with Crippen LogP contribution in [0.15, 0.2) is 35.7 Å². The predicted octanol–water partition coefficient (Wildman–Crippen LogP) is 3.28. The number of nitrogens with one attached hydrogen (secondary N) is 3. The lowest BCUT2D eigenvalue weighted by molar-refractivity contribution is -0.136. The van der Waals surface area contributed by atoms with Crippen molar-refractivity contribution in [1.82, 2.24) is 40.0 Å². The Balaban J connectivity index is 1.35. The molecule has 0 radical (unpaired) electrons. The van der Waals surface area contributed by atoms with Crippen molar-refractivity contribution >= 4 is 50.8 Å². The molecule has 0 aromatic carbocycles. The van der Waals surface area contributed by atoms with Crippen molar-refractivity contribution in [1.29, 1.82) is 0 Å². The van der Waals surface area contributed by atoms with Crippen LogP contribution in [-0.2, 0) is 18.3 Å². The van der Waals surface area contributed by atoms with Gasteiger partial charge in [-0.3, -0.25) is 29.3 Å². The van der Waals surface area contributed by atoms with Gasteiger partial charge in [-0.1, -0.05) is 32.1 Å². The highest BCUT2D eigenvalue weighted by Gasteiger charge is 2.18.